The Balaban J connectivity index is 1.72. The van der Waals surface area contributed by atoms with Gasteiger partial charge in [-0.25, -0.2) is 4.98 Å². The van der Waals surface area contributed by atoms with E-state index < -0.39 is 0 Å². The van der Waals surface area contributed by atoms with Gasteiger partial charge < -0.3 is 15.8 Å². The Labute approximate surface area is 119 Å². The van der Waals surface area contributed by atoms with Crippen molar-refractivity contribution in [2.75, 3.05) is 30.8 Å². The van der Waals surface area contributed by atoms with Gasteiger partial charge in [-0.1, -0.05) is 6.92 Å². The van der Waals surface area contributed by atoms with Gasteiger partial charge in [0.1, 0.15) is 5.82 Å². The predicted molar refractivity (Wildman–Crippen MR) is 82.8 cm³/mol. The van der Waals surface area contributed by atoms with Gasteiger partial charge in [-0.2, -0.15) is 0 Å². The Bertz CT molecular complexity index is 606. The first-order valence-electron chi connectivity index (χ1n) is 7.13. The largest absolute Gasteiger partial charge is 0.399 e. The van der Waals surface area contributed by atoms with Crippen molar-refractivity contribution in [3.8, 4) is 0 Å². The molecule has 0 saturated carbocycles. The van der Waals surface area contributed by atoms with Crippen LogP contribution in [0.1, 0.15) is 19.8 Å². The highest BCUT2D eigenvalue weighted by Gasteiger charge is 2.27. The van der Waals surface area contributed by atoms with Gasteiger partial charge in [0.25, 0.3) is 0 Å². The number of pyridine rings is 1. The van der Waals surface area contributed by atoms with Gasteiger partial charge in [0.05, 0.1) is 5.52 Å². The minimum Gasteiger partial charge on any atom is -0.399 e. The quantitative estimate of drug-likeness (QED) is 0.842. The first kappa shape index (κ1) is 13.2. The highest BCUT2D eigenvalue weighted by molar-refractivity contribution is 5.83. The maximum absolute atomic E-state index is 5.78. The summed E-state index contributed by atoms with van der Waals surface area (Å²) in [4.78, 5) is 4.63. The molecule has 1 saturated heterocycles. The Hall–Kier alpha value is -1.81. The third-order valence-corrected chi connectivity index (χ3v) is 4.11. The molecule has 0 aliphatic carbocycles. The number of aromatic nitrogens is 1. The summed E-state index contributed by atoms with van der Waals surface area (Å²) in [5, 5.41) is 4.54. The number of nitrogen functional groups attached to an aromatic ring is 1. The van der Waals surface area contributed by atoms with E-state index >= 15 is 0 Å². The Morgan fingerprint density at radius 1 is 1.25 bits per heavy atom. The van der Waals surface area contributed by atoms with Crippen LogP contribution in [0.2, 0.25) is 0 Å². The number of benzene rings is 1. The topological polar surface area (TPSA) is 60.2 Å². The van der Waals surface area contributed by atoms with Crippen LogP contribution in [-0.2, 0) is 4.74 Å². The van der Waals surface area contributed by atoms with Crippen molar-refractivity contribution in [3.63, 3.8) is 0 Å². The fraction of sp³-hybridized carbons (Fsp3) is 0.438. The minimum absolute atomic E-state index is 0.302. The third-order valence-electron chi connectivity index (χ3n) is 4.11. The van der Waals surface area contributed by atoms with E-state index in [1.807, 2.05) is 24.3 Å². The molecule has 3 N–H and O–H groups in total. The van der Waals surface area contributed by atoms with Crippen molar-refractivity contribution in [1.29, 1.82) is 0 Å². The zero-order chi connectivity index (χ0) is 14.0. The molecule has 4 heteroatoms. The van der Waals surface area contributed by atoms with Crippen molar-refractivity contribution in [1.82, 2.24) is 4.98 Å². The lowest BCUT2D eigenvalue weighted by Crippen LogP contribution is -2.33. The molecule has 2 heterocycles. The summed E-state index contributed by atoms with van der Waals surface area (Å²) in [5.74, 6) is 0.926. The van der Waals surface area contributed by atoms with Crippen molar-refractivity contribution >= 4 is 22.4 Å². The molecule has 1 aromatic heterocycles. The van der Waals surface area contributed by atoms with Crippen LogP contribution in [0.3, 0.4) is 0 Å². The first-order chi connectivity index (χ1) is 9.65. The monoisotopic (exact) mass is 271 g/mol. The second-order valence-electron chi connectivity index (χ2n) is 5.93. The fourth-order valence-corrected chi connectivity index (χ4v) is 2.59. The molecule has 0 amide bonds. The van der Waals surface area contributed by atoms with Crippen molar-refractivity contribution in [2.45, 2.75) is 19.8 Å². The van der Waals surface area contributed by atoms with Gasteiger partial charge in [0.15, 0.2) is 0 Å². The molecule has 1 aliphatic rings. The molecule has 20 heavy (non-hydrogen) atoms. The maximum atomic E-state index is 5.78. The Kier molecular flexibility index (Phi) is 3.49. The standard InChI is InChI=1S/C16H21N3O/c1-16(6-8-20-9-7-16)11-18-15-5-2-12-10-13(17)3-4-14(12)19-15/h2-5,10H,6-9,11,17H2,1H3,(H,18,19). The van der Waals surface area contributed by atoms with Gasteiger partial charge in [-0.3, -0.25) is 0 Å². The number of nitrogens with two attached hydrogens (primary N) is 1. The molecule has 1 aliphatic heterocycles. The normalized spacial score (nSPS) is 18.1. The minimum atomic E-state index is 0.302. The number of ether oxygens (including phenoxy) is 1. The molecule has 2 aromatic rings. The lowest BCUT2D eigenvalue weighted by atomic mass is 9.82. The van der Waals surface area contributed by atoms with Crippen LogP contribution < -0.4 is 11.1 Å². The summed E-state index contributed by atoms with van der Waals surface area (Å²) in [5.41, 5.74) is 7.83. The van der Waals surface area contributed by atoms with Crippen LogP contribution in [0, 0.1) is 5.41 Å². The molecule has 106 valence electrons. The van der Waals surface area contributed by atoms with Gasteiger partial charge in [-0.15, -0.1) is 0 Å². The summed E-state index contributed by atoms with van der Waals surface area (Å²) in [6, 6.07) is 9.88. The summed E-state index contributed by atoms with van der Waals surface area (Å²) in [6.45, 7) is 4.97. The SMILES string of the molecule is CC1(CNc2ccc3cc(N)ccc3n2)CCOCC1. The number of nitrogens with one attached hydrogen (secondary N) is 1. The van der Waals surface area contributed by atoms with E-state index in [1.165, 1.54) is 0 Å². The highest BCUT2D eigenvalue weighted by atomic mass is 16.5. The zero-order valence-corrected chi connectivity index (χ0v) is 11.9. The van der Waals surface area contributed by atoms with Crippen LogP contribution in [0.25, 0.3) is 10.9 Å². The maximum Gasteiger partial charge on any atom is 0.126 e. The van der Waals surface area contributed by atoms with Crippen molar-refractivity contribution < 1.29 is 4.74 Å². The first-order valence-corrected chi connectivity index (χ1v) is 7.13. The van der Waals surface area contributed by atoms with E-state index in [4.69, 9.17) is 10.5 Å². The van der Waals surface area contributed by atoms with Crippen LogP contribution >= 0.6 is 0 Å². The van der Waals surface area contributed by atoms with Crippen molar-refractivity contribution in [2.24, 2.45) is 5.41 Å². The highest BCUT2D eigenvalue weighted by Crippen LogP contribution is 2.30. The van der Waals surface area contributed by atoms with E-state index in [2.05, 4.69) is 23.3 Å². The fourth-order valence-electron chi connectivity index (χ4n) is 2.59. The zero-order valence-electron chi connectivity index (χ0n) is 11.9. The van der Waals surface area contributed by atoms with E-state index in [9.17, 15) is 0 Å². The van der Waals surface area contributed by atoms with Gasteiger partial charge in [0, 0.05) is 30.8 Å². The second kappa shape index (κ2) is 5.29. The average molecular weight is 271 g/mol. The smallest absolute Gasteiger partial charge is 0.126 e. The lowest BCUT2D eigenvalue weighted by Gasteiger charge is -2.33. The third kappa shape index (κ3) is 2.85. The van der Waals surface area contributed by atoms with E-state index in [0.717, 1.165) is 55.0 Å². The van der Waals surface area contributed by atoms with E-state index in [0.29, 0.717) is 5.41 Å². The molecule has 0 bridgehead atoms. The molecular weight excluding hydrogens is 250 g/mol. The number of hydrogen-bond donors (Lipinski definition) is 2. The van der Waals surface area contributed by atoms with Crippen LogP contribution in [0.15, 0.2) is 30.3 Å². The molecule has 4 nitrogen and oxygen atoms in total. The van der Waals surface area contributed by atoms with Crippen molar-refractivity contribution in [3.05, 3.63) is 30.3 Å². The number of anilines is 2. The molecule has 1 fully saturated rings. The molecule has 1 aromatic carbocycles. The number of nitrogens with zero attached hydrogens (tertiary/aromatic N) is 1. The van der Waals surface area contributed by atoms with Crippen LogP contribution in [0.5, 0.6) is 0 Å². The summed E-state index contributed by atoms with van der Waals surface area (Å²) in [7, 11) is 0. The summed E-state index contributed by atoms with van der Waals surface area (Å²) >= 11 is 0. The Morgan fingerprint density at radius 2 is 2.05 bits per heavy atom. The molecule has 0 atom stereocenters. The number of fused-ring (bicyclic) bond motifs is 1. The summed E-state index contributed by atoms with van der Waals surface area (Å²) in [6.07, 6.45) is 2.20. The van der Waals surface area contributed by atoms with E-state index in [-0.39, 0.29) is 0 Å². The molecular formula is C16H21N3O. The number of rotatable bonds is 3. The Morgan fingerprint density at radius 3 is 2.85 bits per heavy atom. The van der Waals surface area contributed by atoms with Gasteiger partial charge >= 0.3 is 0 Å². The molecule has 3 rings (SSSR count). The number of hydrogen-bond acceptors (Lipinski definition) is 4. The van der Waals surface area contributed by atoms with Crippen LogP contribution in [-0.4, -0.2) is 24.7 Å². The lowest BCUT2D eigenvalue weighted by molar-refractivity contribution is 0.0300. The predicted octanol–water partition coefficient (Wildman–Crippen LogP) is 3.05. The van der Waals surface area contributed by atoms with Gasteiger partial charge in [0.2, 0.25) is 0 Å². The summed E-state index contributed by atoms with van der Waals surface area (Å²) < 4.78 is 5.43. The average Bonchev–Trinajstić information content (AvgIpc) is 2.46. The second-order valence-corrected chi connectivity index (χ2v) is 5.93. The van der Waals surface area contributed by atoms with Crippen LogP contribution in [0.4, 0.5) is 11.5 Å². The molecule has 0 radical (unpaired) electrons. The molecule has 0 unspecified atom stereocenters. The van der Waals surface area contributed by atoms with Gasteiger partial charge in [-0.05, 0) is 48.6 Å². The molecule has 0 spiro atoms. The van der Waals surface area contributed by atoms with E-state index in [1.54, 1.807) is 0 Å².